The molecule has 0 aliphatic heterocycles. The molecule has 84 valence electrons. The maximum atomic E-state index is 11.0. The molecule has 0 bridgehead atoms. The molecule has 0 radical (unpaired) electrons. The second kappa shape index (κ2) is 5.14. The number of nitrogens with two attached hydrogens (primary N) is 2. The monoisotopic (exact) mass is 228 g/mol. The Morgan fingerprint density at radius 3 is 2.20 bits per heavy atom. The number of benzene rings is 1. The van der Waals surface area contributed by atoms with Crippen LogP contribution in [0.2, 0.25) is 0 Å². The number of carbonyl (C=O) groups is 1. The molecule has 0 unspecified atom stereocenters. The van der Waals surface area contributed by atoms with Gasteiger partial charge in [-0.3, -0.25) is 4.79 Å². The van der Waals surface area contributed by atoms with Crippen molar-refractivity contribution in [2.45, 2.75) is 25.8 Å². The fourth-order valence-corrected chi connectivity index (χ4v) is 1.22. The minimum Gasteiger partial charge on any atom is -0.368 e. The highest BCUT2D eigenvalue weighted by atomic mass is 35.5. The SMILES string of the molecule is Cc1ccc(C[C@](C)(N)C(N)=O)cc1.Cl. The molecule has 0 heterocycles. The summed E-state index contributed by atoms with van der Waals surface area (Å²) < 4.78 is 0. The van der Waals surface area contributed by atoms with E-state index in [1.165, 1.54) is 5.56 Å². The van der Waals surface area contributed by atoms with Crippen molar-refractivity contribution < 1.29 is 4.79 Å². The van der Waals surface area contributed by atoms with E-state index in [2.05, 4.69) is 0 Å². The zero-order chi connectivity index (χ0) is 10.8. The zero-order valence-corrected chi connectivity index (χ0v) is 9.80. The molecule has 1 aromatic carbocycles. The van der Waals surface area contributed by atoms with Gasteiger partial charge in [0.1, 0.15) is 0 Å². The first-order valence-corrected chi connectivity index (χ1v) is 4.56. The van der Waals surface area contributed by atoms with Gasteiger partial charge in [-0.15, -0.1) is 12.4 Å². The van der Waals surface area contributed by atoms with Gasteiger partial charge < -0.3 is 11.5 Å². The molecule has 0 aliphatic carbocycles. The second-order valence-corrected chi connectivity index (χ2v) is 3.94. The minimum atomic E-state index is -0.963. The number of primary amides is 1. The molecule has 0 saturated heterocycles. The normalized spacial score (nSPS) is 13.8. The Morgan fingerprint density at radius 1 is 1.33 bits per heavy atom. The van der Waals surface area contributed by atoms with Gasteiger partial charge in [0.25, 0.3) is 0 Å². The summed E-state index contributed by atoms with van der Waals surface area (Å²) in [6, 6.07) is 7.91. The Hall–Kier alpha value is -1.06. The van der Waals surface area contributed by atoms with Crippen LogP contribution in [-0.2, 0) is 11.2 Å². The van der Waals surface area contributed by atoms with Gasteiger partial charge in [0.15, 0.2) is 0 Å². The van der Waals surface area contributed by atoms with Gasteiger partial charge in [0.05, 0.1) is 5.54 Å². The second-order valence-electron chi connectivity index (χ2n) is 3.94. The van der Waals surface area contributed by atoms with Gasteiger partial charge in [0.2, 0.25) is 5.91 Å². The van der Waals surface area contributed by atoms with Crippen molar-refractivity contribution in [3.8, 4) is 0 Å². The fourth-order valence-electron chi connectivity index (χ4n) is 1.22. The number of carbonyl (C=O) groups excluding carboxylic acids is 1. The quantitative estimate of drug-likeness (QED) is 0.815. The van der Waals surface area contributed by atoms with Crippen molar-refractivity contribution >= 4 is 18.3 Å². The first-order chi connectivity index (χ1) is 6.42. The smallest absolute Gasteiger partial charge is 0.237 e. The van der Waals surface area contributed by atoms with Crippen LogP contribution in [0.15, 0.2) is 24.3 Å². The molecule has 1 atom stereocenters. The highest BCUT2D eigenvalue weighted by Gasteiger charge is 2.25. The lowest BCUT2D eigenvalue weighted by Gasteiger charge is -2.20. The number of aryl methyl sites for hydroxylation is 1. The lowest BCUT2D eigenvalue weighted by Crippen LogP contribution is -2.51. The van der Waals surface area contributed by atoms with E-state index in [0.29, 0.717) is 6.42 Å². The number of hydrogen-bond acceptors (Lipinski definition) is 2. The molecular formula is C11H17ClN2O. The van der Waals surface area contributed by atoms with Crippen LogP contribution in [0.3, 0.4) is 0 Å². The topological polar surface area (TPSA) is 69.1 Å². The van der Waals surface area contributed by atoms with Crippen molar-refractivity contribution in [2.24, 2.45) is 11.5 Å². The molecule has 1 aromatic rings. The number of hydrogen-bond donors (Lipinski definition) is 2. The third-order valence-electron chi connectivity index (χ3n) is 2.25. The Morgan fingerprint density at radius 2 is 1.80 bits per heavy atom. The highest BCUT2D eigenvalue weighted by Crippen LogP contribution is 2.11. The Balaban J connectivity index is 0.00000196. The predicted molar refractivity (Wildman–Crippen MR) is 63.9 cm³/mol. The molecule has 0 saturated carbocycles. The van der Waals surface area contributed by atoms with Gasteiger partial charge >= 0.3 is 0 Å². The van der Waals surface area contributed by atoms with Crippen molar-refractivity contribution in [1.82, 2.24) is 0 Å². The molecule has 1 amide bonds. The summed E-state index contributed by atoms with van der Waals surface area (Å²) in [4.78, 5) is 11.0. The fraction of sp³-hybridized carbons (Fsp3) is 0.364. The standard InChI is InChI=1S/C11H16N2O.ClH/c1-8-3-5-9(6-4-8)7-11(2,13)10(12)14;/h3-6H,7,13H2,1-2H3,(H2,12,14);1H/t11-;/m0./s1. The number of amides is 1. The molecule has 15 heavy (non-hydrogen) atoms. The van der Waals surface area contributed by atoms with Gasteiger partial charge in [-0.25, -0.2) is 0 Å². The summed E-state index contributed by atoms with van der Waals surface area (Å²) in [5.41, 5.74) is 12.2. The summed E-state index contributed by atoms with van der Waals surface area (Å²) in [6.45, 7) is 3.66. The van der Waals surface area contributed by atoms with Crippen LogP contribution in [0.1, 0.15) is 18.1 Å². The van der Waals surface area contributed by atoms with E-state index in [1.54, 1.807) is 6.92 Å². The summed E-state index contributed by atoms with van der Waals surface area (Å²) >= 11 is 0. The van der Waals surface area contributed by atoms with Crippen LogP contribution in [0, 0.1) is 6.92 Å². The van der Waals surface area contributed by atoms with E-state index in [1.807, 2.05) is 31.2 Å². The summed E-state index contributed by atoms with van der Waals surface area (Å²) in [6.07, 6.45) is 0.475. The molecule has 3 nitrogen and oxygen atoms in total. The van der Waals surface area contributed by atoms with Crippen LogP contribution < -0.4 is 11.5 Å². The molecule has 0 aromatic heterocycles. The molecule has 0 spiro atoms. The first-order valence-electron chi connectivity index (χ1n) is 4.56. The van der Waals surface area contributed by atoms with Crippen LogP contribution in [0.25, 0.3) is 0 Å². The predicted octanol–water partition coefficient (Wildman–Crippen LogP) is 1.16. The van der Waals surface area contributed by atoms with E-state index in [9.17, 15) is 4.79 Å². The van der Waals surface area contributed by atoms with Crippen molar-refractivity contribution in [1.29, 1.82) is 0 Å². The summed E-state index contributed by atoms with van der Waals surface area (Å²) in [5, 5.41) is 0. The van der Waals surface area contributed by atoms with E-state index in [0.717, 1.165) is 5.56 Å². The minimum absolute atomic E-state index is 0. The maximum absolute atomic E-state index is 11.0. The Bertz CT molecular complexity index is 333. The van der Waals surface area contributed by atoms with Gasteiger partial charge in [-0.2, -0.15) is 0 Å². The van der Waals surface area contributed by atoms with Crippen LogP contribution in [-0.4, -0.2) is 11.4 Å². The molecular weight excluding hydrogens is 212 g/mol. The first kappa shape index (κ1) is 13.9. The average Bonchev–Trinajstić information content (AvgIpc) is 2.08. The number of halogens is 1. The zero-order valence-electron chi connectivity index (χ0n) is 8.99. The van der Waals surface area contributed by atoms with E-state index < -0.39 is 11.4 Å². The third-order valence-corrected chi connectivity index (χ3v) is 2.25. The van der Waals surface area contributed by atoms with Gasteiger partial charge in [-0.05, 0) is 25.8 Å². The Kier molecular flexibility index (Phi) is 4.78. The maximum Gasteiger partial charge on any atom is 0.237 e. The summed E-state index contributed by atoms with van der Waals surface area (Å²) in [7, 11) is 0. The van der Waals surface area contributed by atoms with Gasteiger partial charge in [-0.1, -0.05) is 29.8 Å². The van der Waals surface area contributed by atoms with Crippen molar-refractivity contribution in [3.05, 3.63) is 35.4 Å². The largest absolute Gasteiger partial charge is 0.368 e. The van der Waals surface area contributed by atoms with E-state index >= 15 is 0 Å². The van der Waals surface area contributed by atoms with Crippen LogP contribution >= 0.6 is 12.4 Å². The third kappa shape index (κ3) is 3.90. The van der Waals surface area contributed by atoms with Crippen molar-refractivity contribution in [3.63, 3.8) is 0 Å². The highest BCUT2D eigenvalue weighted by molar-refractivity contribution is 5.85. The molecule has 4 N–H and O–H groups in total. The molecule has 0 aliphatic rings. The number of rotatable bonds is 3. The van der Waals surface area contributed by atoms with E-state index in [4.69, 9.17) is 11.5 Å². The van der Waals surface area contributed by atoms with Crippen LogP contribution in [0.4, 0.5) is 0 Å². The lowest BCUT2D eigenvalue weighted by atomic mass is 9.93. The van der Waals surface area contributed by atoms with Gasteiger partial charge in [0, 0.05) is 0 Å². The molecule has 0 fully saturated rings. The van der Waals surface area contributed by atoms with Crippen LogP contribution in [0.5, 0.6) is 0 Å². The molecule has 1 rings (SSSR count). The van der Waals surface area contributed by atoms with E-state index in [-0.39, 0.29) is 12.4 Å². The Labute approximate surface area is 96.3 Å². The molecule has 4 heteroatoms. The summed E-state index contributed by atoms with van der Waals surface area (Å²) in [5.74, 6) is -0.474. The van der Waals surface area contributed by atoms with Crippen molar-refractivity contribution in [2.75, 3.05) is 0 Å². The lowest BCUT2D eigenvalue weighted by molar-refractivity contribution is -0.122. The average molecular weight is 229 g/mol.